The van der Waals surface area contributed by atoms with Crippen LogP contribution in [-0.4, -0.2) is 28.2 Å². The van der Waals surface area contributed by atoms with Crippen molar-refractivity contribution in [1.82, 2.24) is 19.7 Å². The average Bonchev–Trinajstić information content (AvgIpc) is 3.19. The summed E-state index contributed by atoms with van der Waals surface area (Å²) in [5.74, 6) is 0. The second kappa shape index (κ2) is 6.43. The molecular weight excluding hydrogens is 382 g/mol. The van der Waals surface area contributed by atoms with Gasteiger partial charge in [-0.15, -0.1) is 11.3 Å². The molecule has 27 heavy (non-hydrogen) atoms. The number of fused-ring (bicyclic) bond motifs is 1. The predicted molar refractivity (Wildman–Crippen MR) is 106 cm³/mol. The number of sulfonamides is 1. The molecule has 0 saturated carbocycles. The molecule has 9 heteroatoms. The van der Waals surface area contributed by atoms with Crippen molar-refractivity contribution in [3.63, 3.8) is 0 Å². The van der Waals surface area contributed by atoms with Crippen LogP contribution in [0.5, 0.6) is 0 Å². The SMILES string of the molecule is Cc1nc(-c2ccc(NS(=O)(=O)c3cnc4c(c3)c(C)nn4C)cc2)cs1. The third-order valence-corrected chi connectivity index (χ3v) is 6.32. The van der Waals surface area contributed by atoms with Crippen LogP contribution in [0.25, 0.3) is 22.3 Å². The summed E-state index contributed by atoms with van der Waals surface area (Å²) in [6.07, 6.45) is 1.35. The fourth-order valence-corrected chi connectivity index (χ4v) is 4.51. The van der Waals surface area contributed by atoms with Gasteiger partial charge in [0.15, 0.2) is 5.65 Å². The van der Waals surface area contributed by atoms with E-state index in [0.717, 1.165) is 27.3 Å². The van der Waals surface area contributed by atoms with Gasteiger partial charge in [0.1, 0.15) is 4.90 Å². The van der Waals surface area contributed by atoms with Gasteiger partial charge in [-0.05, 0) is 32.0 Å². The number of pyridine rings is 1. The number of nitrogens with one attached hydrogen (secondary N) is 1. The lowest BCUT2D eigenvalue weighted by Crippen LogP contribution is -2.13. The number of benzene rings is 1. The van der Waals surface area contributed by atoms with Crippen LogP contribution in [0.15, 0.2) is 46.8 Å². The molecule has 0 aliphatic carbocycles. The predicted octanol–water partition coefficient (Wildman–Crippen LogP) is 3.51. The van der Waals surface area contributed by atoms with Gasteiger partial charge < -0.3 is 0 Å². The Morgan fingerprint density at radius 2 is 1.89 bits per heavy atom. The Morgan fingerprint density at radius 3 is 2.56 bits per heavy atom. The van der Waals surface area contributed by atoms with Gasteiger partial charge in [0.05, 0.1) is 16.4 Å². The van der Waals surface area contributed by atoms with Crippen LogP contribution < -0.4 is 4.72 Å². The van der Waals surface area contributed by atoms with Crippen molar-refractivity contribution in [3.8, 4) is 11.3 Å². The third kappa shape index (κ3) is 3.31. The first kappa shape index (κ1) is 17.6. The molecule has 4 aromatic rings. The second-order valence-electron chi connectivity index (χ2n) is 6.19. The molecule has 3 heterocycles. The van der Waals surface area contributed by atoms with E-state index < -0.39 is 10.0 Å². The standard InChI is InChI=1S/C18H17N5O2S2/c1-11-16-8-15(9-19-18(16)23(3)21-11)27(24,25)22-14-6-4-13(5-7-14)17-10-26-12(2)20-17/h4-10,22H,1-3H3. The van der Waals surface area contributed by atoms with Gasteiger partial charge in [0.2, 0.25) is 0 Å². The number of thiazole rings is 1. The minimum atomic E-state index is -3.75. The molecule has 0 aliphatic heterocycles. The van der Waals surface area contributed by atoms with Gasteiger partial charge in [-0.25, -0.2) is 18.4 Å². The number of aryl methyl sites for hydroxylation is 3. The average molecular weight is 400 g/mol. The maximum Gasteiger partial charge on any atom is 0.263 e. The van der Waals surface area contributed by atoms with Crippen LogP contribution in [0.2, 0.25) is 0 Å². The zero-order chi connectivity index (χ0) is 19.2. The van der Waals surface area contributed by atoms with Crippen LogP contribution in [0.3, 0.4) is 0 Å². The van der Waals surface area contributed by atoms with Gasteiger partial charge in [-0.3, -0.25) is 9.40 Å². The third-order valence-electron chi connectivity index (χ3n) is 4.20. The Bertz CT molecular complexity index is 1240. The number of anilines is 1. The highest BCUT2D eigenvalue weighted by Crippen LogP contribution is 2.25. The van der Waals surface area contributed by atoms with Crippen molar-refractivity contribution in [2.24, 2.45) is 7.05 Å². The van der Waals surface area contributed by atoms with E-state index in [1.165, 1.54) is 6.20 Å². The van der Waals surface area contributed by atoms with Crippen molar-refractivity contribution in [2.75, 3.05) is 4.72 Å². The minimum Gasteiger partial charge on any atom is -0.280 e. The van der Waals surface area contributed by atoms with E-state index in [0.29, 0.717) is 11.3 Å². The molecule has 4 rings (SSSR count). The Balaban J connectivity index is 1.62. The van der Waals surface area contributed by atoms with Crippen LogP contribution in [-0.2, 0) is 17.1 Å². The lowest BCUT2D eigenvalue weighted by Gasteiger charge is -2.08. The van der Waals surface area contributed by atoms with Gasteiger partial charge in [0, 0.05) is 35.3 Å². The molecule has 3 aromatic heterocycles. The Labute approximate surface area is 160 Å². The summed E-state index contributed by atoms with van der Waals surface area (Å²) >= 11 is 1.58. The highest BCUT2D eigenvalue weighted by Gasteiger charge is 2.18. The first-order chi connectivity index (χ1) is 12.8. The van der Waals surface area contributed by atoms with E-state index >= 15 is 0 Å². The summed E-state index contributed by atoms with van der Waals surface area (Å²) in [6, 6.07) is 8.74. The first-order valence-electron chi connectivity index (χ1n) is 8.18. The van der Waals surface area contributed by atoms with E-state index in [1.807, 2.05) is 31.4 Å². The summed E-state index contributed by atoms with van der Waals surface area (Å²) in [4.78, 5) is 8.78. The summed E-state index contributed by atoms with van der Waals surface area (Å²) in [7, 11) is -1.97. The van der Waals surface area contributed by atoms with Gasteiger partial charge in [-0.1, -0.05) is 12.1 Å². The molecule has 1 aromatic carbocycles. The normalized spacial score (nSPS) is 11.8. The van der Waals surface area contributed by atoms with Gasteiger partial charge in [-0.2, -0.15) is 5.10 Å². The zero-order valence-corrected chi connectivity index (χ0v) is 16.6. The molecule has 138 valence electrons. The van der Waals surface area contributed by atoms with Gasteiger partial charge >= 0.3 is 0 Å². The molecule has 0 saturated heterocycles. The minimum absolute atomic E-state index is 0.102. The number of hydrogen-bond donors (Lipinski definition) is 1. The van der Waals surface area contributed by atoms with Gasteiger partial charge in [0.25, 0.3) is 10.0 Å². The van der Waals surface area contributed by atoms with Crippen LogP contribution >= 0.6 is 11.3 Å². The fraction of sp³-hybridized carbons (Fsp3) is 0.167. The Kier molecular flexibility index (Phi) is 4.20. The van der Waals surface area contributed by atoms with Crippen LogP contribution in [0, 0.1) is 13.8 Å². The monoisotopic (exact) mass is 399 g/mol. The summed E-state index contributed by atoms with van der Waals surface area (Å²) in [5.41, 5.74) is 3.69. The maximum atomic E-state index is 12.7. The van der Waals surface area contributed by atoms with Crippen LogP contribution in [0.4, 0.5) is 5.69 Å². The van der Waals surface area contributed by atoms with Crippen molar-refractivity contribution in [1.29, 1.82) is 0 Å². The zero-order valence-electron chi connectivity index (χ0n) is 15.0. The van der Waals surface area contributed by atoms with Crippen LogP contribution in [0.1, 0.15) is 10.7 Å². The number of aromatic nitrogens is 4. The Hall–Kier alpha value is -2.78. The molecule has 0 radical (unpaired) electrons. The highest BCUT2D eigenvalue weighted by atomic mass is 32.2. The van der Waals surface area contributed by atoms with Crippen molar-refractivity contribution in [3.05, 3.63) is 52.6 Å². The lowest BCUT2D eigenvalue weighted by molar-refractivity contribution is 0.601. The molecule has 7 nitrogen and oxygen atoms in total. The topological polar surface area (TPSA) is 89.8 Å². The van der Waals surface area contributed by atoms with Crippen molar-refractivity contribution < 1.29 is 8.42 Å². The maximum absolute atomic E-state index is 12.7. The number of hydrogen-bond acceptors (Lipinski definition) is 6. The molecule has 0 aliphatic rings. The Morgan fingerprint density at radius 1 is 1.15 bits per heavy atom. The molecule has 0 fully saturated rings. The molecule has 0 spiro atoms. The van der Waals surface area contributed by atoms with E-state index in [4.69, 9.17) is 0 Å². The van der Waals surface area contributed by atoms with E-state index in [-0.39, 0.29) is 4.90 Å². The lowest BCUT2D eigenvalue weighted by atomic mass is 10.1. The van der Waals surface area contributed by atoms with E-state index in [9.17, 15) is 8.42 Å². The molecule has 0 unspecified atom stereocenters. The quantitative estimate of drug-likeness (QED) is 0.567. The highest BCUT2D eigenvalue weighted by molar-refractivity contribution is 7.92. The molecule has 0 amide bonds. The van der Waals surface area contributed by atoms with Crippen molar-refractivity contribution >= 4 is 38.1 Å². The van der Waals surface area contributed by atoms with E-state index in [1.54, 1.807) is 41.3 Å². The molecule has 1 N–H and O–H groups in total. The number of nitrogens with zero attached hydrogens (tertiary/aromatic N) is 4. The molecule has 0 bridgehead atoms. The van der Waals surface area contributed by atoms with Crippen molar-refractivity contribution in [2.45, 2.75) is 18.7 Å². The summed E-state index contributed by atoms with van der Waals surface area (Å²) < 4.78 is 29.7. The fourth-order valence-electron chi connectivity index (χ4n) is 2.85. The molecule has 0 atom stereocenters. The first-order valence-corrected chi connectivity index (χ1v) is 10.5. The summed E-state index contributed by atoms with van der Waals surface area (Å²) in [6.45, 7) is 3.78. The summed E-state index contributed by atoms with van der Waals surface area (Å²) in [5, 5.41) is 7.96. The largest absolute Gasteiger partial charge is 0.280 e. The second-order valence-corrected chi connectivity index (χ2v) is 8.93. The van der Waals surface area contributed by atoms with E-state index in [2.05, 4.69) is 19.8 Å². The smallest absolute Gasteiger partial charge is 0.263 e. The number of rotatable bonds is 4. The molecular formula is C18H17N5O2S2.